The summed E-state index contributed by atoms with van der Waals surface area (Å²) in [5, 5.41) is 3.06. The number of hydrogen-bond acceptors (Lipinski definition) is 3. The van der Waals surface area contributed by atoms with E-state index in [0.29, 0.717) is 5.95 Å². The predicted octanol–water partition coefficient (Wildman–Crippen LogP) is 2.80. The zero-order valence-corrected chi connectivity index (χ0v) is 9.41. The number of anilines is 1. The minimum Gasteiger partial charge on any atom is -0.351 e. The van der Waals surface area contributed by atoms with Crippen molar-refractivity contribution in [1.82, 2.24) is 9.97 Å². The number of allylic oxidation sites excluding steroid dienone is 1. The molecule has 0 aliphatic carbocycles. The molecule has 1 aromatic rings. The smallest absolute Gasteiger partial charge is 0.222 e. The first-order valence-electron chi connectivity index (χ1n) is 4.96. The molecular weight excluding hydrogens is 174 g/mol. The monoisotopic (exact) mass is 193 g/mol. The van der Waals surface area contributed by atoms with Gasteiger partial charge in [-0.15, -0.1) is 0 Å². The zero-order valence-electron chi connectivity index (χ0n) is 9.41. The second-order valence-electron chi connectivity index (χ2n) is 2.53. The SMILES string of the molecule is C/C=C/CNc1ncc(C)cn1.CC. The van der Waals surface area contributed by atoms with Crippen LogP contribution < -0.4 is 5.32 Å². The second-order valence-corrected chi connectivity index (χ2v) is 2.53. The molecule has 0 bridgehead atoms. The van der Waals surface area contributed by atoms with Crippen LogP contribution in [0.1, 0.15) is 26.3 Å². The van der Waals surface area contributed by atoms with Gasteiger partial charge in [-0.2, -0.15) is 0 Å². The van der Waals surface area contributed by atoms with Gasteiger partial charge in [-0.25, -0.2) is 9.97 Å². The first-order valence-corrected chi connectivity index (χ1v) is 4.96. The van der Waals surface area contributed by atoms with Crippen molar-refractivity contribution >= 4 is 5.95 Å². The lowest BCUT2D eigenvalue weighted by molar-refractivity contribution is 1.09. The van der Waals surface area contributed by atoms with Crippen LogP contribution in [0.5, 0.6) is 0 Å². The van der Waals surface area contributed by atoms with Crippen LogP contribution in [-0.2, 0) is 0 Å². The van der Waals surface area contributed by atoms with Gasteiger partial charge in [0.2, 0.25) is 5.95 Å². The largest absolute Gasteiger partial charge is 0.351 e. The molecule has 1 heterocycles. The number of hydrogen-bond donors (Lipinski definition) is 1. The number of aromatic nitrogens is 2. The quantitative estimate of drug-likeness (QED) is 0.750. The summed E-state index contributed by atoms with van der Waals surface area (Å²) < 4.78 is 0. The van der Waals surface area contributed by atoms with Crippen LogP contribution in [0.2, 0.25) is 0 Å². The summed E-state index contributed by atoms with van der Waals surface area (Å²) in [4.78, 5) is 8.19. The average Bonchev–Trinajstić information content (AvgIpc) is 2.24. The maximum Gasteiger partial charge on any atom is 0.222 e. The first-order chi connectivity index (χ1) is 6.83. The van der Waals surface area contributed by atoms with Gasteiger partial charge in [-0.05, 0) is 19.4 Å². The van der Waals surface area contributed by atoms with E-state index in [1.807, 2.05) is 39.8 Å². The minimum absolute atomic E-state index is 0.679. The Bertz CT molecular complexity index is 252. The molecule has 0 atom stereocenters. The topological polar surface area (TPSA) is 37.8 Å². The van der Waals surface area contributed by atoms with E-state index in [9.17, 15) is 0 Å². The zero-order chi connectivity index (χ0) is 10.8. The van der Waals surface area contributed by atoms with Gasteiger partial charge in [0.05, 0.1) is 0 Å². The fourth-order valence-corrected chi connectivity index (χ4v) is 0.752. The third-order valence-electron chi connectivity index (χ3n) is 1.39. The molecule has 0 aromatic carbocycles. The Hall–Kier alpha value is -1.38. The molecular formula is C11H19N3. The Kier molecular flexibility index (Phi) is 7.42. The summed E-state index contributed by atoms with van der Waals surface area (Å²) in [6, 6.07) is 0. The maximum absolute atomic E-state index is 4.09. The van der Waals surface area contributed by atoms with Crippen molar-refractivity contribution in [3.8, 4) is 0 Å². The maximum atomic E-state index is 4.09. The molecule has 0 fully saturated rings. The summed E-state index contributed by atoms with van der Waals surface area (Å²) in [5.74, 6) is 0.679. The van der Waals surface area contributed by atoms with Crippen molar-refractivity contribution in [2.45, 2.75) is 27.7 Å². The van der Waals surface area contributed by atoms with Crippen LogP contribution in [0.3, 0.4) is 0 Å². The lowest BCUT2D eigenvalue weighted by atomic mass is 10.4. The average molecular weight is 193 g/mol. The highest BCUT2D eigenvalue weighted by atomic mass is 15.1. The highest BCUT2D eigenvalue weighted by molar-refractivity contribution is 5.25. The van der Waals surface area contributed by atoms with Crippen LogP contribution >= 0.6 is 0 Å². The van der Waals surface area contributed by atoms with E-state index in [2.05, 4.69) is 15.3 Å². The van der Waals surface area contributed by atoms with E-state index >= 15 is 0 Å². The van der Waals surface area contributed by atoms with Crippen LogP contribution in [-0.4, -0.2) is 16.5 Å². The van der Waals surface area contributed by atoms with Crippen molar-refractivity contribution < 1.29 is 0 Å². The van der Waals surface area contributed by atoms with Gasteiger partial charge in [0.1, 0.15) is 0 Å². The molecule has 3 nitrogen and oxygen atoms in total. The van der Waals surface area contributed by atoms with Gasteiger partial charge in [0, 0.05) is 18.9 Å². The highest BCUT2D eigenvalue weighted by Crippen LogP contribution is 1.97. The molecule has 0 saturated carbocycles. The second kappa shape index (κ2) is 8.23. The first kappa shape index (κ1) is 12.6. The number of rotatable bonds is 3. The van der Waals surface area contributed by atoms with Crippen molar-refractivity contribution in [3.05, 3.63) is 30.1 Å². The van der Waals surface area contributed by atoms with Gasteiger partial charge >= 0.3 is 0 Å². The van der Waals surface area contributed by atoms with Crippen molar-refractivity contribution in [2.24, 2.45) is 0 Å². The molecule has 3 heteroatoms. The van der Waals surface area contributed by atoms with E-state index in [1.165, 1.54) is 0 Å². The van der Waals surface area contributed by atoms with E-state index < -0.39 is 0 Å². The fraction of sp³-hybridized carbons (Fsp3) is 0.455. The van der Waals surface area contributed by atoms with E-state index in [-0.39, 0.29) is 0 Å². The Morgan fingerprint density at radius 3 is 2.36 bits per heavy atom. The lowest BCUT2D eigenvalue weighted by Gasteiger charge is -1.99. The molecule has 1 rings (SSSR count). The van der Waals surface area contributed by atoms with Crippen LogP contribution in [0.25, 0.3) is 0 Å². The summed E-state index contributed by atoms with van der Waals surface area (Å²) in [6.07, 6.45) is 7.60. The minimum atomic E-state index is 0.679. The Labute approximate surface area is 86.3 Å². The van der Waals surface area contributed by atoms with E-state index in [4.69, 9.17) is 0 Å². The van der Waals surface area contributed by atoms with Crippen LogP contribution in [0.4, 0.5) is 5.95 Å². The molecule has 0 unspecified atom stereocenters. The Balaban J connectivity index is 0.000000791. The molecule has 0 radical (unpaired) electrons. The number of nitrogens with one attached hydrogen (secondary N) is 1. The van der Waals surface area contributed by atoms with Crippen LogP contribution in [0, 0.1) is 6.92 Å². The molecule has 0 spiro atoms. The third kappa shape index (κ3) is 5.30. The summed E-state index contributed by atoms with van der Waals surface area (Å²) in [7, 11) is 0. The molecule has 0 amide bonds. The molecule has 1 N–H and O–H groups in total. The van der Waals surface area contributed by atoms with Gasteiger partial charge in [-0.1, -0.05) is 26.0 Å². The van der Waals surface area contributed by atoms with E-state index in [0.717, 1.165) is 12.1 Å². The Morgan fingerprint density at radius 2 is 1.86 bits per heavy atom. The van der Waals surface area contributed by atoms with Crippen molar-refractivity contribution in [3.63, 3.8) is 0 Å². The normalized spacial score (nSPS) is 9.43. The highest BCUT2D eigenvalue weighted by Gasteiger charge is 1.90. The van der Waals surface area contributed by atoms with E-state index in [1.54, 1.807) is 12.4 Å². The lowest BCUT2D eigenvalue weighted by Crippen LogP contribution is -2.02. The fourth-order valence-electron chi connectivity index (χ4n) is 0.752. The van der Waals surface area contributed by atoms with Crippen molar-refractivity contribution in [2.75, 3.05) is 11.9 Å². The Morgan fingerprint density at radius 1 is 1.29 bits per heavy atom. The van der Waals surface area contributed by atoms with Crippen LogP contribution in [0.15, 0.2) is 24.5 Å². The predicted molar refractivity (Wildman–Crippen MR) is 61.4 cm³/mol. The standard InChI is InChI=1S/C9H13N3.C2H6/c1-3-4-5-10-9-11-6-8(2)7-12-9;1-2/h3-4,6-7H,5H2,1-2H3,(H,10,11,12);1-2H3/b4-3+;. The van der Waals surface area contributed by atoms with Crippen molar-refractivity contribution in [1.29, 1.82) is 0 Å². The summed E-state index contributed by atoms with van der Waals surface area (Å²) in [5.41, 5.74) is 1.08. The van der Waals surface area contributed by atoms with Gasteiger partial charge < -0.3 is 5.32 Å². The molecule has 1 aromatic heterocycles. The number of aryl methyl sites for hydroxylation is 1. The summed E-state index contributed by atoms with van der Waals surface area (Å²) in [6.45, 7) is 8.73. The number of nitrogens with zero attached hydrogens (tertiary/aromatic N) is 2. The molecule has 0 aliphatic heterocycles. The van der Waals surface area contributed by atoms with Gasteiger partial charge in [0.25, 0.3) is 0 Å². The van der Waals surface area contributed by atoms with Gasteiger partial charge in [-0.3, -0.25) is 0 Å². The third-order valence-corrected chi connectivity index (χ3v) is 1.39. The molecule has 0 aliphatic rings. The summed E-state index contributed by atoms with van der Waals surface area (Å²) >= 11 is 0. The molecule has 78 valence electrons. The molecule has 14 heavy (non-hydrogen) atoms. The van der Waals surface area contributed by atoms with Gasteiger partial charge in [0.15, 0.2) is 0 Å². The molecule has 0 saturated heterocycles.